The van der Waals surface area contributed by atoms with E-state index in [1.54, 1.807) is 0 Å². The monoisotopic (exact) mass is 504 g/mol. The van der Waals surface area contributed by atoms with Gasteiger partial charge in [0.2, 0.25) is 5.95 Å². The van der Waals surface area contributed by atoms with Crippen LogP contribution >= 0.6 is 0 Å². The molecule has 0 aliphatic heterocycles. The van der Waals surface area contributed by atoms with E-state index in [0.717, 1.165) is 61.3 Å². The van der Waals surface area contributed by atoms with E-state index >= 15 is 0 Å². The van der Waals surface area contributed by atoms with Crippen LogP contribution in [-0.2, 0) is 6.42 Å². The number of aromatic amines is 1. The van der Waals surface area contributed by atoms with E-state index in [0.29, 0.717) is 12.1 Å². The molecular formula is C32H36N6. The summed E-state index contributed by atoms with van der Waals surface area (Å²) in [6, 6.07) is 28.5. The fourth-order valence-corrected chi connectivity index (χ4v) is 5.80. The third-order valence-electron chi connectivity index (χ3n) is 7.75. The van der Waals surface area contributed by atoms with Crippen LogP contribution in [0.2, 0.25) is 0 Å². The maximum absolute atomic E-state index is 4.83. The van der Waals surface area contributed by atoms with Crippen LogP contribution in [0.3, 0.4) is 0 Å². The lowest BCUT2D eigenvalue weighted by Gasteiger charge is -2.30. The van der Waals surface area contributed by atoms with Crippen LogP contribution in [0, 0.1) is 0 Å². The molecule has 0 unspecified atom stereocenters. The zero-order chi connectivity index (χ0) is 25.9. The topological polar surface area (TPSA) is 68.9 Å². The quantitative estimate of drug-likeness (QED) is 0.228. The van der Waals surface area contributed by atoms with E-state index < -0.39 is 0 Å². The van der Waals surface area contributed by atoms with Gasteiger partial charge in [0.05, 0.1) is 5.52 Å². The first-order chi connectivity index (χ1) is 18.7. The van der Waals surface area contributed by atoms with Gasteiger partial charge in [0.25, 0.3) is 0 Å². The molecule has 0 amide bonds. The Morgan fingerprint density at radius 1 is 0.789 bits per heavy atom. The lowest BCUT2D eigenvalue weighted by molar-refractivity contribution is 0.355. The van der Waals surface area contributed by atoms with E-state index in [4.69, 9.17) is 9.97 Å². The lowest BCUT2D eigenvalue weighted by Crippen LogP contribution is -2.38. The van der Waals surface area contributed by atoms with Crippen molar-refractivity contribution in [3.8, 4) is 11.3 Å². The molecule has 6 nitrogen and oxygen atoms in total. The standard InChI is InChI=1S/C32H36N6/c1-38(2)31-27-13-7-9-15-29(27)36-32(37-31)34-24-18-16-23(17-19-24)33-21-20-26-25-12-6-8-14-28(25)35-30(26)22-10-4-3-5-11-22/h3-15,23-24,33,35H,16-21H2,1-2H3,(H,34,36,37)/t23-,24+. The number of para-hydroxylation sites is 2. The average molecular weight is 505 g/mol. The second kappa shape index (κ2) is 10.8. The molecule has 0 atom stereocenters. The number of H-pyrrole nitrogens is 1. The SMILES string of the molecule is CN(C)c1nc(N[C@H]2CC[C@@H](NCCc3c(-c4ccccc4)[nH]c4ccccc34)CC2)nc2ccccc12. The van der Waals surface area contributed by atoms with Crippen molar-refractivity contribution in [2.75, 3.05) is 30.9 Å². The number of nitrogens with zero attached hydrogens (tertiary/aromatic N) is 3. The first kappa shape index (κ1) is 24.4. The first-order valence-corrected chi connectivity index (χ1v) is 13.7. The summed E-state index contributed by atoms with van der Waals surface area (Å²) in [5.41, 5.74) is 6.09. The fourth-order valence-electron chi connectivity index (χ4n) is 5.80. The van der Waals surface area contributed by atoms with Gasteiger partial charge in [0.1, 0.15) is 5.82 Å². The van der Waals surface area contributed by atoms with Gasteiger partial charge in [0.15, 0.2) is 0 Å². The molecule has 1 aliphatic rings. The Morgan fingerprint density at radius 2 is 1.47 bits per heavy atom. The maximum Gasteiger partial charge on any atom is 0.225 e. The molecule has 3 aromatic carbocycles. The highest BCUT2D eigenvalue weighted by molar-refractivity contribution is 5.91. The van der Waals surface area contributed by atoms with E-state index in [1.807, 2.05) is 26.2 Å². The Kier molecular flexibility index (Phi) is 6.97. The summed E-state index contributed by atoms with van der Waals surface area (Å²) in [5, 5.41) is 9.90. The number of rotatable bonds is 8. The average Bonchev–Trinajstić information content (AvgIpc) is 3.32. The van der Waals surface area contributed by atoms with Crippen molar-refractivity contribution in [2.24, 2.45) is 0 Å². The van der Waals surface area contributed by atoms with Gasteiger partial charge in [-0.15, -0.1) is 0 Å². The molecule has 0 bridgehead atoms. The van der Waals surface area contributed by atoms with Gasteiger partial charge in [-0.25, -0.2) is 4.98 Å². The van der Waals surface area contributed by atoms with Crippen molar-refractivity contribution in [1.82, 2.24) is 20.3 Å². The molecule has 0 saturated heterocycles. The van der Waals surface area contributed by atoms with Crippen molar-refractivity contribution >= 4 is 33.6 Å². The molecule has 2 aromatic heterocycles. The number of anilines is 2. The van der Waals surface area contributed by atoms with Crippen LogP contribution in [0.15, 0.2) is 78.9 Å². The number of benzene rings is 3. The molecule has 194 valence electrons. The van der Waals surface area contributed by atoms with Crippen molar-refractivity contribution in [3.05, 3.63) is 84.4 Å². The predicted octanol–water partition coefficient (Wildman–Crippen LogP) is 6.40. The minimum atomic E-state index is 0.405. The molecule has 3 N–H and O–H groups in total. The summed E-state index contributed by atoms with van der Waals surface area (Å²) in [6.45, 7) is 0.977. The minimum Gasteiger partial charge on any atom is -0.362 e. The van der Waals surface area contributed by atoms with Crippen molar-refractivity contribution in [3.63, 3.8) is 0 Å². The Hall–Kier alpha value is -3.90. The Bertz CT molecular complexity index is 1520. The van der Waals surface area contributed by atoms with E-state index in [-0.39, 0.29) is 0 Å². The lowest BCUT2D eigenvalue weighted by atomic mass is 9.91. The second-order valence-electron chi connectivity index (χ2n) is 10.6. The maximum atomic E-state index is 4.83. The largest absolute Gasteiger partial charge is 0.362 e. The predicted molar refractivity (Wildman–Crippen MR) is 159 cm³/mol. The molecule has 0 spiro atoms. The van der Waals surface area contributed by atoms with Crippen LogP contribution in [0.1, 0.15) is 31.2 Å². The smallest absolute Gasteiger partial charge is 0.225 e. The highest BCUT2D eigenvalue weighted by Gasteiger charge is 2.22. The number of hydrogen-bond acceptors (Lipinski definition) is 5. The van der Waals surface area contributed by atoms with Gasteiger partial charge < -0.3 is 20.5 Å². The summed E-state index contributed by atoms with van der Waals surface area (Å²) in [7, 11) is 4.07. The number of hydrogen-bond donors (Lipinski definition) is 3. The van der Waals surface area contributed by atoms with Gasteiger partial charge in [-0.1, -0.05) is 60.7 Å². The molecule has 38 heavy (non-hydrogen) atoms. The Balaban J connectivity index is 1.07. The molecular weight excluding hydrogens is 468 g/mol. The number of fused-ring (bicyclic) bond motifs is 2. The molecule has 1 aliphatic carbocycles. The zero-order valence-electron chi connectivity index (χ0n) is 22.2. The van der Waals surface area contributed by atoms with Gasteiger partial charge in [-0.05, 0) is 68.0 Å². The van der Waals surface area contributed by atoms with Crippen LogP contribution in [0.25, 0.3) is 33.1 Å². The number of nitrogens with one attached hydrogen (secondary N) is 3. The highest BCUT2D eigenvalue weighted by Crippen LogP contribution is 2.31. The molecule has 2 heterocycles. The van der Waals surface area contributed by atoms with Gasteiger partial charge in [-0.2, -0.15) is 4.98 Å². The molecule has 6 rings (SSSR count). The van der Waals surface area contributed by atoms with Crippen LogP contribution < -0.4 is 15.5 Å². The minimum absolute atomic E-state index is 0.405. The fraction of sp³-hybridized carbons (Fsp3) is 0.312. The number of aromatic nitrogens is 3. The Morgan fingerprint density at radius 3 is 2.26 bits per heavy atom. The van der Waals surface area contributed by atoms with E-state index in [2.05, 4.69) is 87.2 Å². The van der Waals surface area contributed by atoms with E-state index in [1.165, 1.54) is 27.7 Å². The van der Waals surface area contributed by atoms with Crippen LogP contribution in [-0.4, -0.2) is 47.7 Å². The van der Waals surface area contributed by atoms with Crippen molar-refractivity contribution < 1.29 is 0 Å². The third-order valence-corrected chi connectivity index (χ3v) is 7.75. The molecule has 5 aromatic rings. The van der Waals surface area contributed by atoms with Crippen LogP contribution in [0.5, 0.6) is 0 Å². The molecule has 1 saturated carbocycles. The van der Waals surface area contributed by atoms with Gasteiger partial charge >= 0.3 is 0 Å². The summed E-state index contributed by atoms with van der Waals surface area (Å²) >= 11 is 0. The normalized spacial score (nSPS) is 17.6. The second-order valence-corrected chi connectivity index (χ2v) is 10.6. The first-order valence-electron chi connectivity index (χ1n) is 13.7. The highest BCUT2D eigenvalue weighted by atomic mass is 15.2. The molecule has 6 heteroatoms. The molecule has 1 fully saturated rings. The van der Waals surface area contributed by atoms with Crippen molar-refractivity contribution in [2.45, 2.75) is 44.2 Å². The third kappa shape index (κ3) is 5.09. The van der Waals surface area contributed by atoms with Gasteiger partial charge in [-0.3, -0.25) is 0 Å². The van der Waals surface area contributed by atoms with E-state index in [9.17, 15) is 0 Å². The van der Waals surface area contributed by atoms with Gasteiger partial charge in [0, 0.05) is 48.2 Å². The summed E-state index contributed by atoms with van der Waals surface area (Å²) in [6.07, 6.45) is 5.56. The summed E-state index contributed by atoms with van der Waals surface area (Å²) in [5.74, 6) is 1.69. The summed E-state index contributed by atoms with van der Waals surface area (Å²) < 4.78 is 0. The Labute approximate surface area is 224 Å². The van der Waals surface area contributed by atoms with Crippen LogP contribution in [0.4, 0.5) is 11.8 Å². The summed E-state index contributed by atoms with van der Waals surface area (Å²) in [4.78, 5) is 15.4. The zero-order valence-corrected chi connectivity index (χ0v) is 22.2. The van der Waals surface area contributed by atoms with Crippen molar-refractivity contribution in [1.29, 1.82) is 0 Å². The molecule has 0 radical (unpaired) electrons.